The molecule has 1 aromatic carbocycles. The van der Waals surface area contributed by atoms with Crippen LogP contribution in [0, 0.1) is 12.8 Å². The van der Waals surface area contributed by atoms with Crippen LogP contribution in [0.15, 0.2) is 29.8 Å². The minimum atomic E-state index is -0.278. The summed E-state index contributed by atoms with van der Waals surface area (Å²) in [5.74, 6) is 0.538. The molecule has 1 unspecified atom stereocenters. The van der Waals surface area contributed by atoms with Crippen LogP contribution in [-0.4, -0.2) is 53.8 Å². The fraction of sp³-hybridized carbons (Fsp3) is 0.450. The van der Waals surface area contributed by atoms with Crippen LogP contribution in [0.3, 0.4) is 0 Å². The summed E-state index contributed by atoms with van der Waals surface area (Å²) in [6, 6.07) is 7.66. The average molecular weight is 388 g/mol. The summed E-state index contributed by atoms with van der Waals surface area (Å²) in [5.41, 5.74) is 3.81. The topological polar surface area (TPSA) is 62.7 Å². The molecule has 1 aliphatic heterocycles. The van der Waals surface area contributed by atoms with E-state index < -0.39 is 0 Å². The number of ether oxygens (including phenoxy) is 1. The fourth-order valence-electron chi connectivity index (χ4n) is 3.39. The third-order valence-corrected chi connectivity index (χ3v) is 6.01. The van der Waals surface area contributed by atoms with E-state index in [9.17, 15) is 9.59 Å². The highest BCUT2D eigenvalue weighted by molar-refractivity contribution is 7.09. The number of carbonyl (C=O) groups excluding carboxylic acids is 2. The highest BCUT2D eigenvalue weighted by Crippen LogP contribution is 2.25. The number of likely N-dealkylation sites (tertiary alicyclic amines) is 1. The monoisotopic (exact) mass is 387 g/mol. The second-order valence-corrected chi connectivity index (χ2v) is 7.80. The first-order chi connectivity index (χ1) is 13.0. The number of methoxy groups -OCH3 is 1. The number of hydrogen-bond acceptors (Lipinski definition) is 5. The van der Waals surface area contributed by atoms with Gasteiger partial charge in [0.15, 0.2) is 0 Å². The molecule has 0 bridgehead atoms. The van der Waals surface area contributed by atoms with Gasteiger partial charge in [-0.2, -0.15) is 0 Å². The Morgan fingerprint density at radius 2 is 2.19 bits per heavy atom. The number of amides is 2. The lowest BCUT2D eigenvalue weighted by Crippen LogP contribution is -2.35. The van der Waals surface area contributed by atoms with Crippen molar-refractivity contribution >= 4 is 23.2 Å². The third-order valence-electron chi connectivity index (χ3n) is 5.01. The van der Waals surface area contributed by atoms with E-state index in [-0.39, 0.29) is 24.2 Å². The van der Waals surface area contributed by atoms with Crippen molar-refractivity contribution in [3.63, 3.8) is 0 Å². The van der Waals surface area contributed by atoms with Gasteiger partial charge in [-0.1, -0.05) is 18.2 Å². The predicted octanol–water partition coefficient (Wildman–Crippen LogP) is 2.51. The molecule has 0 aliphatic carbocycles. The molecular weight excluding hydrogens is 362 g/mol. The van der Waals surface area contributed by atoms with Crippen molar-refractivity contribution in [2.24, 2.45) is 5.92 Å². The molecule has 1 fully saturated rings. The molecule has 1 aliphatic rings. The summed E-state index contributed by atoms with van der Waals surface area (Å²) in [6.07, 6.45) is 1.07. The van der Waals surface area contributed by atoms with E-state index in [0.717, 1.165) is 23.4 Å². The van der Waals surface area contributed by atoms with Gasteiger partial charge >= 0.3 is 0 Å². The van der Waals surface area contributed by atoms with Crippen molar-refractivity contribution in [2.75, 3.05) is 27.2 Å². The van der Waals surface area contributed by atoms with Crippen LogP contribution in [-0.2, 0) is 22.6 Å². The summed E-state index contributed by atoms with van der Waals surface area (Å²) in [6.45, 7) is 3.55. The molecule has 1 saturated heterocycles. The second kappa shape index (κ2) is 8.52. The molecule has 27 heavy (non-hydrogen) atoms. The Labute approximate surface area is 163 Å². The summed E-state index contributed by atoms with van der Waals surface area (Å²) in [4.78, 5) is 34.1. The highest BCUT2D eigenvalue weighted by atomic mass is 32.1. The molecule has 0 N–H and O–H groups in total. The lowest BCUT2D eigenvalue weighted by atomic mass is 10.1. The first kappa shape index (κ1) is 19.4. The molecule has 6 nitrogen and oxygen atoms in total. The Bertz CT molecular complexity index is 820. The average Bonchev–Trinajstić information content (AvgIpc) is 3.25. The number of nitrogens with zero attached hydrogens (tertiary/aromatic N) is 3. The van der Waals surface area contributed by atoms with E-state index in [1.54, 1.807) is 28.2 Å². The second-order valence-electron chi connectivity index (χ2n) is 6.86. The molecule has 0 spiro atoms. The maximum atomic E-state index is 12.8. The van der Waals surface area contributed by atoms with Crippen LogP contribution in [0.5, 0.6) is 5.75 Å². The molecule has 3 rings (SSSR count). The van der Waals surface area contributed by atoms with Gasteiger partial charge < -0.3 is 14.5 Å². The van der Waals surface area contributed by atoms with Crippen LogP contribution >= 0.6 is 11.3 Å². The number of carbonyl (C=O) groups is 2. The number of rotatable bonds is 7. The van der Waals surface area contributed by atoms with E-state index in [0.29, 0.717) is 19.6 Å². The molecule has 2 aromatic rings. The summed E-state index contributed by atoms with van der Waals surface area (Å²) >= 11 is 1.62. The van der Waals surface area contributed by atoms with Gasteiger partial charge in [0.2, 0.25) is 11.8 Å². The van der Waals surface area contributed by atoms with Crippen LogP contribution in [0.1, 0.15) is 22.6 Å². The number of hydrogen-bond donors (Lipinski definition) is 0. The van der Waals surface area contributed by atoms with Gasteiger partial charge in [0.1, 0.15) is 5.75 Å². The fourth-order valence-corrected chi connectivity index (χ4v) is 4.16. The van der Waals surface area contributed by atoms with Gasteiger partial charge in [0.25, 0.3) is 0 Å². The number of para-hydroxylation sites is 1. The zero-order chi connectivity index (χ0) is 19.4. The van der Waals surface area contributed by atoms with Crippen molar-refractivity contribution in [1.82, 2.24) is 14.8 Å². The van der Waals surface area contributed by atoms with Gasteiger partial charge in [-0.05, 0) is 13.0 Å². The lowest BCUT2D eigenvalue weighted by Gasteiger charge is -2.22. The van der Waals surface area contributed by atoms with E-state index in [1.165, 1.54) is 4.88 Å². The quantitative estimate of drug-likeness (QED) is 0.732. The summed E-state index contributed by atoms with van der Waals surface area (Å²) in [7, 11) is 3.43. The molecule has 1 atom stereocenters. The minimum Gasteiger partial charge on any atom is -0.496 e. The molecular formula is C20H25N3O3S. The number of likely N-dealkylation sites (N-methyl/N-ethyl adjacent to an activating group) is 1. The van der Waals surface area contributed by atoms with Crippen molar-refractivity contribution < 1.29 is 14.3 Å². The normalized spacial score (nSPS) is 16.6. The Balaban J connectivity index is 1.57. The van der Waals surface area contributed by atoms with E-state index in [4.69, 9.17) is 4.74 Å². The standard InChI is InChI=1S/C20H25N3O3S/c1-14-18(27-13-21-14)8-9-22(2)20(25)16-10-19(24)23(12-16)11-15-6-4-5-7-17(15)26-3/h4-7,13,16H,8-12H2,1-3H3. The van der Waals surface area contributed by atoms with E-state index >= 15 is 0 Å². The smallest absolute Gasteiger partial charge is 0.227 e. The minimum absolute atomic E-state index is 0.0194. The van der Waals surface area contributed by atoms with Gasteiger partial charge in [-0.15, -0.1) is 11.3 Å². The predicted molar refractivity (Wildman–Crippen MR) is 105 cm³/mol. The number of aryl methyl sites for hydroxylation is 1. The van der Waals surface area contributed by atoms with Crippen molar-refractivity contribution in [1.29, 1.82) is 0 Å². The largest absolute Gasteiger partial charge is 0.496 e. The molecule has 0 radical (unpaired) electrons. The molecule has 144 valence electrons. The highest BCUT2D eigenvalue weighted by Gasteiger charge is 2.35. The van der Waals surface area contributed by atoms with E-state index in [1.807, 2.05) is 43.7 Å². The SMILES string of the molecule is COc1ccccc1CN1CC(C(=O)N(C)CCc2scnc2C)CC1=O. The Morgan fingerprint density at radius 1 is 1.41 bits per heavy atom. The van der Waals surface area contributed by atoms with Crippen LogP contribution < -0.4 is 4.74 Å². The maximum Gasteiger partial charge on any atom is 0.227 e. The molecule has 2 heterocycles. The molecule has 2 amide bonds. The Hall–Kier alpha value is -2.41. The zero-order valence-corrected chi connectivity index (χ0v) is 16.8. The summed E-state index contributed by atoms with van der Waals surface area (Å²) in [5, 5.41) is 0. The molecule has 0 saturated carbocycles. The maximum absolute atomic E-state index is 12.8. The van der Waals surface area contributed by atoms with Gasteiger partial charge in [-0.25, -0.2) is 4.98 Å². The van der Waals surface area contributed by atoms with Gasteiger partial charge in [0, 0.05) is 50.0 Å². The first-order valence-corrected chi connectivity index (χ1v) is 9.91. The van der Waals surface area contributed by atoms with Crippen LogP contribution in [0.25, 0.3) is 0 Å². The van der Waals surface area contributed by atoms with Crippen LogP contribution in [0.4, 0.5) is 0 Å². The number of aromatic nitrogens is 1. The number of benzene rings is 1. The summed E-state index contributed by atoms with van der Waals surface area (Å²) < 4.78 is 5.36. The molecule has 1 aromatic heterocycles. The zero-order valence-electron chi connectivity index (χ0n) is 16.0. The Kier molecular flexibility index (Phi) is 6.11. The molecule has 7 heteroatoms. The third kappa shape index (κ3) is 4.47. The Morgan fingerprint density at radius 3 is 2.89 bits per heavy atom. The lowest BCUT2D eigenvalue weighted by molar-refractivity contribution is -0.134. The number of thiazole rings is 1. The first-order valence-electron chi connectivity index (χ1n) is 9.03. The van der Waals surface area contributed by atoms with Crippen LogP contribution in [0.2, 0.25) is 0 Å². The van der Waals surface area contributed by atoms with Gasteiger partial charge in [0.05, 0.1) is 24.2 Å². The van der Waals surface area contributed by atoms with Crippen molar-refractivity contribution in [3.05, 3.63) is 45.9 Å². The van der Waals surface area contributed by atoms with E-state index in [2.05, 4.69) is 4.98 Å². The van der Waals surface area contributed by atoms with Crippen molar-refractivity contribution in [2.45, 2.75) is 26.3 Å². The van der Waals surface area contributed by atoms with Crippen molar-refractivity contribution in [3.8, 4) is 5.75 Å². The van der Waals surface area contributed by atoms with Gasteiger partial charge in [-0.3, -0.25) is 9.59 Å².